The largest absolute Gasteiger partial charge is 0.477 e. The summed E-state index contributed by atoms with van der Waals surface area (Å²) < 4.78 is 5.95. The van der Waals surface area contributed by atoms with Crippen LogP contribution in [0.2, 0.25) is 0 Å². The second-order valence-corrected chi connectivity index (χ2v) is 7.43. The highest BCUT2D eigenvalue weighted by atomic mass is 32.2. The summed E-state index contributed by atoms with van der Waals surface area (Å²) in [7, 11) is 0. The van der Waals surface area contributed by atoms with E-state index in [0.29, 0.717) is 12.2 Å². The molecule has 5 atom stereocenters. The zero-order valence-electron chi connectivity index (χ0n) is 17.6. The summed E-state index contributed by atoms with van der Waals surface area (Å²) in [6, 6.07) is 17.5. The van der Waals surface area contributed by atoms with E-state index in [1.165, 1.54) is 0 Å². The average molecular weight is 423 g/mol. The summed E-state index contributed by atoms with van der Waals surface area (Å²) in [4.78, 5) is 0. The van der Waals surface area contributed by atoms with E-state index in [1.54, 1.807) is 0 Å². The molecular weight excluding hydrogens is 388 g/mol. The summed E-state index contributed by atoms with van der Waals surface area (Å²) in [6.07, 6.45) is -3.11. The van der Waals surface area contributed by atoms with Gasteiger partial charge in [0.15, 0.2) is 5.44 Å². The van der Waals surface area contributed by atoms with Crippen LogP contribution in [0, 0.1) is 0 Å². The lowest BCUT2D eigenvalue weighted by molar-refractivity contribution is -0.0910. The predicted octanol–water partition coefficient (Wildman–Crippen LogP) is 3.23. The van der Waals surface area contributed by atoms with Crippen molar-refractivity contribution in [1.82, 2.24) is 0 Å². The quantitative estimate of drug-likeness (QED) is 0.592. The van der Waals surface area contributed by atoms with Crippen molar-refractivity contribution in [2.24, 2.45) is 0 Å². The van der Waals surface area contributed by atoms with Crippen molar-refractivity contribution in [2.45, 2.75) is 63.1 Å². The first kappa shape index (κ1) is 25.5. The second-order valence-electron chi connectivity index (χ2n) is 6.09. The van der Waals surface area contributed by atoms with Crippen LogP contribution in [0.4, 0.5) is 0 Å². The number of hydrogen-bond acceptors (Lipinski definition) is 6. The number of aliphatic hydroxyl groups is 4. The zero-order chi connectivity index (χ0) is 21.8. The number of rotatable bonds is 5. The first-order valence-corrected chi connectivity index (χ1v) is 11.1. The molecule has 0 radical (unpaired) electrons. The van der Waals surface area contributed by atoms with Gasteiger partial charge in [-0.2, -0.15) is 0 Å². The SMILES string of the molecule is CC.CC.OCC1S[C@@H](Oc2ccccc2Cc2ccccc2)C(O)[C@@H](O)[C@@H]1O. The molecule has 2 aromatic carbocycles. The van der Waals surface area contributed by atoms with Gasteiger partial charge in [-0.1, -0.05) is 76.2 Å². The minimum absolute atomic E-state index is 0.304. The summed E-state index contributed by atoms with van der Waals surface area (Å²) in [5, 5.41) is 38.9. The molecule has 162 valence electrons. The Bertz CT molecular complexity index is 680. The van der Waals surface area contributed by atoms with Crippen molar-refractivity contribution in [3.63, 3.8) is 0 Å². The van der Waals surface area contributed by atoms with Crippen LogP contribution in [0.3, 0.4) is 0 Å². The summed E-state index contributed by atoms with van der Waals surface area (Å²) in [5.41, 5.74) is 1.33. The van der Waals surface area contributed by atoms with Gasteiger partial charge in [-0.15, -0.1) is 11.8 Å². The van der Waals surface area contributed by atoms with E-state index in [0.717, 1.165) is 22.9 Å². The maximum absolute atomic E-state index is 10.2. The topological polar surface area (TPSA) is 90.2 Å². The van der Waals surface area contributed by atoms with Gasteiger partial charge in [0.25, 0.3) is 0 Å². The van der Waals surface area contributed by atoms with Crippen LogP contribution >= 0.6 is 11.8 Å². The fourth-order valence-electron chi connectivity index (χ4n) is 2.87. The zero-order valence-corrected chi connectivity index (χ0v) is 18.4. The Morgan fingerprint density at radius 1 is 0.793 bits per heavy atom. The highest BCUT2D eigenvalue weighted by molar-refractivity contribution is 8.00. The van der Waals surface area contributed by atoms with E-state index in [1.807, 2.05) is 82.3 Å². The minimum Gasteiger partial charge on any atom is -0.477 e. The molecule has 29 heavy (non-hydrogen) atoms. The molecule has 0 aromatic heterocycles. The van der Waals surface area contributed by atoms with Crippen LogP contribution in [0.5, 0.6) is 5.75 Å². The van der Waals surface area contributed by atoms with E-state index < -0.39 is 29.0 Å². The van der Waals surface area contributed by atoms with E-state index >= 15 is 0 Å². The van der Waals surface area contributed by atoms with Crippen molar-refractivity contribution in [1.29, 1.82) is 0 Å². The second kappa shape index (κ2) is 13.6. The smallest absolute Gasteiger partial charge is 0.173 e. The van der Waals surface area contributed by atoms with E-state index in [2.05, 4.69) is 0 Å². The van der Waals surface area contributed by atoms with Gasteiger partial charge >= 0.3 is 0 Å². The van der Waals surface area contributed by atoms with Gasteiger partial charge in [0.2, 0.25) is 0 Å². The molecule has 0 saturated carbocycles. The molecule has 4 N–H and O–H groups in total. The lowest BCUT2D eigenvalue weighted by Crippen LogP contribution is -2.55. The molecule has 0 aliphatic carbocycles. The van der Waals surface area contributed by atoms with Crippen molar-refractivity contribution >= 4 is 11.8 Å². The summed E-state index contributed by atoms with van der Waals surface area (Å²) in [6.45, 7) is 7.70. The van der Waals surface area contributed by atoms with Crippen molar-refractivity contribution in [3.8, 4) is 5.75 Å². The number of thioether (sulfide) groups is 1. The lowest BCUT2D eigenvalue weighted by atomic mass is 10.0. The number of para-hydroxylation sites is 1. The van der Waals surface area contributed by atoms with Crippen LogP contribution in [0.1, 0.15) is 38.8 Å². The molecule has 2 aromatic rings. The minimum atomic E-state index is -1.36. The van der Waals surface area contributed by atoms with Crippen molar-refractivity contribution in [3.05, 3.63) is 65.7 Å². The molecule has 1 heterocycles. The predicted molar refractivity (Wildman–Crippen MR) is 119 cm³/mol. The third-order valence-corrected chi connectivity index (χ3v) is 5.72. The van der Waals surface area contributed by atoms with Gasteiger partial charge in [-0.05, 0) is 17.2 Å². The fourth-order valence-corrected chi connectivity index (χ4v) is 4.10. The molecule has 3 rings (SSSR count). The first-order chi connectivity index (χ1) is 14.1. The van der Waals surface area contributed by atoms with Crippen LogP contribution in [0.25, 0.3) is 0 Å². The van der Waals surface area contributed by atoms with Gasteiger partial charge in [-0.25, -0.2) is 0 Å². The molecule has 0 spiro atoms. The number of aliphatic hydroxyl groups excluding tert-OH is 4. The highest BCUT2D eigenvalue weighted by Gasteiger charge is 2.44. The Balaban J connectivity index is 0.000000989. The third kappa shape index (κ3) is 7.01. The van der Waals surface area contributed by atoms with Gasteiger partial charge in [-0.3, -0.25) is 0 Å². The molecule has 1 saturated heterocycles. The normalized spacial score (nSPS) is 25.7. The van der Waals surface area contributed by atoms with E-state index in [-0.39, 0.29) is 6.61 Å². The third-order valence-electron chi connectivity index (χ3n) is 4.30. The van der Waals surface area contributed by atoms with Crippen LogP contribution in [-0.4, -0.2) is 56.0 Å². The fraction of sp³-hybridized carbons (Fsp3) is 0.478. The van der Waals surface area contributed by atoms with Crippen LogP contribution in [-0.2, 0) is 6.42 Å². The summed E-state index contributed by atoms with van der Waals surface area (Å²) in [5.74, 6) is 0.614. The van der Waals surface area contributed by atoms with Crippen LogP contribution < -0.4 is 4.74 Å². The molecule has 0 amide bonds. The maximum atomic E-state index is 10.2. The van der Waals surface area contributed by atoms with Crippen LogP contribution in [0.15, 0.2) is 54.6 Å². The molecular formula is C23H34O5S. The molecule has 0 bridgehead atoms. The van der Waals surface area contributed by atoms with E-state index in [9.17, 15) is 20.4 Å². The number of ether oxygens (including phenoxy) is 1. The first-order valence-electron chi connectivity index (χ1n) is 10.2. The molecule has 2 unspecified atom stereocenters. The van der Waals surface area contributed by atoms with Gasteiger partial charge in [0.05, 0.1) is 18.0 Å². The Morgan fingerprint density at radius 2 is 1.38 bits per heavy atom. The molecule has 6 heteroatoms. The van der Waals surface area contributed by atoms with Crippen molar-refractivity contribution < 1.29 is 25.2 Å². The maximum Gasteiger partial charge on any atom is 0.173 e. The van der Waals surface area contributed by atoms with Gasteiger partial charge < -0.3 is 25.2 Å². The monoisotopic (exact) mass is 422 g/mol. The number of hydrogen-bond donors (Lipinski definition) is 4. The average Bonchev–Trinajstić information content (AvgIpc) is 2.79. The Morgan fingerprint density at radius 3 is 2.00 bits per heavy atom. The highest BCUT2D eigenvalue weighted by Crippen LogP contribution is 2.35. The van der Waals surface area contributed by atoms with Gasteiger partial charge in [0, 0.05) is 6.42 Å². The Kier molecular flexibility index (Phi) is 12.0. The van der Waals surface area contributed by atoms with E-state index in [4.69, 9.17) is 4.74 Å². The molecule has 1 aliphatic heterocycles. The van der Waals surface area contributed by atoms with Crippen molar-refractivity contribution in [2.75, 3.05) is 6.61 Å². The molecule has 1 aliphatic rings. The Hall–Kier alpha value is -1.57. The molecule has 5 nitrogen and oxygen atoms in total. The standard InChI is InChI=1S/C19H22O5S.2C2H6/c20-11-15-16(21)17(22)18(23)19(25-15)24-14-9-5-4-8-13(14)10-12-6-2-1-3-7-12;2*1-2/h1-9,15-23H,10-11H2;2*1-2H3/t15?,16-,17+,18?,19-;;/m1../s1. The van der Waals surface area contributed by atoms with Gasteiger partial charge in [0.1, 0.15) is 18.0 Å². The number of benzene rings is 2. The summed E-state index contributed by atoms with van der Waals surface area (Å²) >= 11 is 1.13. The lowest BCUT2D eigenvalue weighted by Gasteiger charge is -2.39. The Labute approximate surface area is 178 Å². The molecule has 1 fully saturated rings.